The Morgan fingerprint density at radius 2 is 1.33 bits per heavy atom. The van der Waals surface area contributed by atoms with Crippen molar-refractivity contribution >= 4 is 18.1 Å². The fourth-order valence-corrected chi connectivity index (χ4v) is 6.01. The van der Waals surface area contributed by atoms with Crippen molar-refractivity contribution in [1.29, 1.82) is 0 Å². The molecule has 0 radical (unpaired) electrons. The molecule has 4 nitrogen and oxygen atoms in total. The van der Waals surface area contributed by atoms with E-state index < -0.39 is 17.3 Å². The lowest BCUT2D eigenvalue weighted by Crippen LogP contribution is -2.54. The molecule has 0 saturated carbocycles. The number of carbonyl (C=O) groups is 3. The molecule has 2 amide bonds. The highest BCUT2D eigenvalue weighted by molar-refractivity contribution is 6.10. The van der Waals surface area contributed by atoms with Gasteiger partial charge in [0.1, 0.15) is 6.29 Å². The highest BCUT2D eigenvalue weighted by Gasteiger charge is 2.68. The second kappa shape index (κ2) is 5.99. The fraction of sp³-hybridized carbons (Fsp3) is 0.192. The first-order chi connectivity index (χ1) is 14.7. The number of likely N-dealkylation sites (tertiary alicyclic amines) is 1. The Balaban J connectivity index is 1.58. The van der Waals surface area contributed by atoms with E-state index in [9.17, 15) is 14.4 Å². The van der Waals surface area contributed by atoms with E-state index in [-0.39, 0.29) is 24.3 Å². The monoisotopic (exact) mass is 393 g/mol. The summed E-state index contributed by atoms with van der Waals surface area (Å²) in [6.07, 6.45) is 0.912. The zero-order valence-corrected chi connectivity index (χ0v) is 16.2. The zero-order valence-electron chi connectivity index (χ0n) is 16.2. The molecule has 0 unspecified atom stereocenters. The average Bonchev–Trinajstić information content (AvgIpc) is 3.05. The molecule has 0 spiro atoms. The van der Waals surface area contributed by atoms with Crippen molar-refractivity contribution in [3.05, 3.63) is 107 Å². The lowest BCUT2D eigenvalue weighted by molar-refractivity contribution is -0.141. The molecule has 3 aromatic carbocycles. The van der Waals surface area contributed by atoms with Crippen LogP contribution in [0, 0.1) is 11.8 Å². The van der Waals surface area contributed by atoms with E-state index in [0.29, 0.717) is 0 Å². The van der Waals surface area contributed by atoms with Crippen LogP contribution in [0.4, 0.5) is 0 Å². The van der Waals surface area contributed by atoms with Crippen molar-refractivity contribution < 1.29 is 14.4 Å². The number of rotatable bonds is 3. The minimum Gasteiger partial charge on any atom is -0.302 e. The minimum atomic E-state index is -1.12. The summed E-state index contributed by atoms with van der Waals surface area (Å²) >= 11 is 0. The molecule has 1 saturated heterocycles. The zero-order chi connectivity index (χ0) is 20.5. The second-order valence-electron chi connectivity index (χ2n) is 8.39. The van der Waals surface area contributed by atoms with Crippen LogP contribution < -0.4 is 0 Å². The van der Waals surface area contributed by atoms with Crippen LogP contribution in [-0.2, 0) is 26.3 Å². The molecule has 146 valence electrons. The maximum Gasteiger partial charge on any atom is 0.235 e. The van der Waals surface area contributed by atoms with E-state index in [0.717, 1.165) is 34.1 Å². The number of benzene rings is 3. The maximum atomic E-state index is 13.7. The van der Waals surface area contributed by atoms with Crippen LogP contribution in [0.3, 0.4) is 0 Å². The van der Waals surface area contributed by atoms with E-state index in [2.05, 4.69) is 0 Å². The van der Waals surface area contributed by atoms with Crippen molar-refractivity contribution in [1.82, 2.24) is 4.90 Å². The van der Waals surface area contributed by atoms with Gasteiger partial charge >= 0.3 is 0 Å². The number of aldehydes is 1. The third-order valence-corrected chi connectivity index (χ3v) is 7.14. The number of carbonyl (C=O) groups excluding carboxylic acids is 3. The van der Waals surface area contributed by atoms with E-state index in [4.69, 9.17) is 0 Å². The van der Waals surface area contributed by atoms with Gasteiger partial charge in [0.25, 0.3) is 0 Å². The van der Waals surface area contributed by atoms with E-state index in [1.165, 1.54) is 4.90 Å². The topological polar surface area (TPSA) is 54.5 Å². The van der Waals surface area contributed by atoms with E-state index in [1.54, 1.807) is 0 Å². The van der Waals surface area contributed by atoms with Gasteiger partial charge in [-0.15, -0.1) is 0 Å². The first kappa shape index (κ1) is 17.3. The maximum absolute atomic E-state index is 13.7. The predicted octanol–water partition coefficient (Wildman–Crippen LogP) is 3.43. The van der Waals surface area contributed by atoms with Crippen molar-refractivity contribution in [2.45, 2.75) is 17.9 Å². The molecular formula is C26H19NO3. The first-order valence-electron chi connectivity index (χ1n) is 10.2. The molecule has 4 heteroatoms. The normalized spacial score (nSPS) is 28.1. The summed E-state index contributed by atoms with van der Waals surface area (Å²) in [5, 5.41) is 0. The van der Waals surface area contributed by atoms with Crippen molar-refractivity contribution in [2.75, 3.05) is 0 Å². The van der Waals surface area contributed by atoms with Crippen LogP contribution in [0.2, 0.25) is 0 Å². The Morgan fingerprint density at radius 3 is 1.93 bits per heavy atom. The number of hydrogen-bond donors (Lipinski definition) is 0. The molecule has 3 aliphatic carbocycles. The SMILES string of the molecule is O=CC12c3ccccc3C(c3ccccc31)[C@H]1C(=O)N(Cc3ccccc3)C(=O)[C@H]12. The molecule has 0 N–H and O–H groups in total. The number of imide groups is 1. The molecule has 30 heavy (non-hydrogen) atoms. The third kappa shape index (κ3) is 1.93. The summed E-state index contributed by atoms with van der Waals surface area (Å²) < 4.78 is 0. The van der Waals surface area contributed by atoms with E-state index in [1.807, 2.05) is 78.9 Å². The van der Waals surface area contributed by atoms with E-state index >= 15 is 0 Å². The lowest BCUT2D eigenvalue weighted by Gasteiger charge is -2.51. The first-order valence-corrected chi connectivity index (χ1v) is 10.2. The predicted molar refractivity (Wildman–Crippen MR) is 111 cm³/mol. The molecule has 4 aliphatic rings. The highest BCUT2D eigenvalue weighted by atomic mass is 16.2. The smallest absolute Gasteiger partial charge is 0.235 e. The molecule has 0 aromatic heterocycles. The minimum absolute atomic E-state index is 0.172. The van der Waals surface area contributed by atoms with Crippen molar-refractivity contribution in [2.24, 2.45) is 11.8 Å². The van der Waals surface area contributed by atoms with Crippen LogP contribution in [0.5, 0.6) is 0 Å². The molecule has 7 rings (SSSR count). The van der Waals surface area contributed by atoms with Gasteiger partial charge in [-0.3, -0.25) is 14.5 Å². The molecule has 2 atom stereocenters. The highest BCUT2D eigenvalue weighted by Crippen LogP contribution is 2.63. The van der Waals surface area contributed by atoms with Gasteiger partial charge in [0, 0.05) is 5.92 Å². The molecule has 1 aliphatic heterocycles. The summed E-state index contributed by atoms with van der Waals surface area (Å²) in [4.78, 5) is 41.5. The number of hydrogen-bond acceptors (Lipinski definition) is 3. The van der Waals surface area contributed by atoms with Crippen LogP contribution in [0.25, 0.3) is 0 Å². The summed E-state index contributed by atoms with van der Waals surface area (Å²) in [6, 6.07) is 25.1. The quantitative estimate of drug-likeness (QED) is 0.506. The Labute approximate surface area is 174 Å². The standard InChI is InChI=1S/C26H19NO3/c28-15-26-19-12-6-4-10-17(19)21(18-11-5-7-13-20(18)26)22-23(26)25(30)27(24(22)29)14-16-8-2-1-3-9-16/h1-13,15,21-23H,14H2/t21?,22-,23+,26?/m1/s1. The summed E-state index contributed by atoms with van der Waals surface area (Å²) in [6.45, 7) is 0.236. The molecular weight excluding hydrogens is 374 g/mol. The molecule has 1 fully saturated rings. The van der Waals surface area contributed by atoms with Crippen LogP contribution in [0.1, 0.15) is 33.7 Å². The Hall–Kier alpha value is -3.53. The number of nitrogens with zero attached hydrogens (tertiary/aromatic N) is 1. The molecule has 2 bridgehead atoms. The van der Waals surface area contributed by atoms with Crippen molar-refractivity contribution in [3.8, 4) is 0 Å². The van der Waals surface area contributed by atoms with Gasteiger partial charge in [-0.1, -0.05) is 78.9 Å². The number of amides is 2. The van der Waals surface area contributed by atoms with Gasteiger partial charge < -0.3 is 4.79 Å². The van der Waals surface area contributed by atoms with Gasteiger partial charge in [0.15, 0.2) is 0 Å². The summed E-state index contributed by atoms with van der Waals surface area (Å²) in [5.74, 6) is -1.86. The van der Waals surface area contributed by atoms with Gasteiger partial charge in [-0.25, -0.2) is 0 Å². The molecule has 3 aromatic rings. The molecule has 1 heterocycles. The van der Waals surface area contributed by atoms with Gasteiger partial charge in [-0.05, 0) is 27.8 Å². The summed E-state index contributed by atoms with van der Waals surface area (Å²) in [7, 11) is 0. The second-order valence-corrected chi connectivity index (χ2v) is 8.39. The lowest BCUT2D eigenvalue weighted by atomic mass is 9.48. The Morgan fingerprint density at radius 1 is 0.767 bits per heavy atom. The van der Waals surface area contributed by atoms with Crippen LogP contribution in [-0.4, -0.2) is 23.0 Å². The average molecular weight is 393 g/mol. The largest absolute Gasteiger partial charge is 0.302 e. The Kier molecular flexibility index (Phi) is 3.46. The van der Waals surface area contributed by atoms with Gasteiger partial charge in [-0.2, -0.15) is 0 Å². The van der Waals surface area contributed by atoms with Crippen molar-refractivity contribution in [3.63, 3.8) is 0 Å². The fourth-order valence-electron chi connectivity index (χ4n) is 6.01. The Bertz CT molecular complexity index is 1170. The third-order valence-electron chi connectivity index (χ3n) is 7.14. The van der Waals surface area contributed by atoms with Gasteiger partial charge in [0.05, 0.1) is 23.8 Å². The van der Waals surface area contributed by atoms with Crippen LogP contribution in [0.15, 0.2) is 78.9 Å². The van der Waals surface area contributed by atoms with Crippen LogP contribution >= 0.6 is 0 Å². The summed E-state index contributed by atoms with van der Waals surface area (Å²) in [5.41, 5.74) is 3.50. The van der Waals surface area contributed by atoms with Gasteiger partial charge in [0.2, 0.25) is 11.8 Å².